The Balaban J connectivity index is 2.51. The molecule has 0 amide bonds. The number of aliphatic hydroxyl groups excluding tert-OH is 1. The van der Waals surface area contributed by atoms with Gasteiger partial charge >= 0.3 is 0 Å². The quantitative estimate of drug-likeness (QED) is 0.349. The van der Waals surface area contributed by atoms with Gasteiger partial charge in [0, 0.05) is 5.56 Å². The summed E-state index contributed by atoms with van der Waals surface area (Å²) in [5.41, 5.74) is 0.877. The number of hydrogen-bond donors (Lipinski definition) is 1. The fraction of sp³-hybridized carbons (Fsp3) is 0.654. The first-order valence-corrected chi connectivity index (χ1v) is 17.7. The fourth-order valence-corrected chi connectivity index (χ4v) is 5.44. The van der Waals surface area contributed by atoms with Crippen molar-refractivity contribution >= 4 is 22.5 Å². The fourth-order valence-electron chi connectivity index (χ4n) is 3.10. The summed E-state index contributed by atoms with van der Waals surface area (Å²) in [5, 5.41) is 11.0. The third kappa shape index (κ3) is 6.66. The summed E-state index contributed by atoms with van der Waals surface area (Å²) in [6, 6.07) is 9.52. The van der Waals surface area contributed by atoms with E-state index in [0.717, 1.165) is 5.56 Å². The Morgan fingerprint density at radius 1 is 1.03 bits per heavy atom. The number of hydrogen-bond acceptors (Lipinski definition) is 5. The summed E-state index contributed by atoms with van der Waals surface area (Å²) in [6.07, 6.45) is -0.412. The molecular weight excluding hydrogens is 446 g/mol. The molecule has 0 radical (unpaired) electrons. The zero-order valence-corrected chi connectivity index (χ0v) is 24.3. The third-order valence-corrected chi connectivity index (χ3v) is 16.5. The van der Waals surface area contributed by atoms with E-state index in [-0.39, 0.29) is 16.1 Å². The van der Waals surface area contributed by atoms with Crippen molar-refractivity contribution in [3.63, 3.8) is 0 Å². The highest BCUT2D eigenvalue weighted by molar-refractivity contribution is 6.74. The van der Waals surface area contributed by atoms with Crippen molar-refractivity contribution in [1.29, 1.82) is 0 Å². The molecule has 7 heteroatoms. The number of ether oxygens (including phenoxy) is 1. The lowest BCUT2D eigenvalue weighted by molar-refractivity contribution is -0.0530. The van der Waals surface area contributed by atoms with Gasteiger partial charge in [-0.15, -0.1) is 6.58 Å². The maximum atomic E-state index is 10.9. The molecule has 1 N–H and O–H groups in total. The molecule has 2 rings (SSSR count). The first kappa shape index (κ1) is 28.0. The summed E-state index contributed by atoms with van der Waals surface area (Å²) < 4.78 is 19.8. The minimum Gasteiger partial charge on any atom is -0.468 e. The molecule has 1 aromatic rings. The van der Waals surface area contributed by atoms with Crippen molar-refractivity contribution in [2.75, 3.05) is 6.61 Å². The van der Waals surface area contributed by atoms with Crippen LogP contribution in [0.3, 0.4) is 0 Å². The van der Waals surface area contributed by atoms with Crippen molar-refractivity contribution in [3.05, 3.63) is 48.6 Å². The largest absolute Gasteiger partial charge is 0.468 e. The summed E-state index contributed by atoms with van der Waals surface area (Å²) in [5.74, 6) is 0.514. The first-order chi connectivity index (χ1) is 15.0. The zero-order chi connectivity index (χ0) is 25.2. The summed E-state index contributed by atoms with van der Waals surface area (Å²) in [6.45, 7) is 26.5. The predicted octanol–water partition coefficient (Wildman–Crippen LogP) is 6.16. The molecule has 0 bridgehead atoms. The average molecular weight is 492 g/mol. The van der Waals surface area contributed by atoms with E-state index in [4.69, 9.17) is 18.6 Å². The minimum absolute atomic E-state index is 0.00490. The average Bonchev–Trinajstić information content (AvgIpc) is 2.71. The van der Waals surface area contributed by atoms with Crippen molar-refractivity contribution < 1.29 is 18.7 Å². The van der Waals surface area contributed by atoms with Gasteiger partial charge in [-0.25, -0.2) is 4.99 Å². The molecule has 0 saturated heterocycles. The summed E-state index contributed by atoms with van der Waals surface area (Å²) in [4.78, 5) is 5.00. The molecule has 0 aromatic heterocycles. The molecule has 5 nitrogen and oxygen atoms in total. The van der Waals surface area contributed by atoms with Gasteiger partial charge in [0.05, 0.1) is 6.61 Å². The SMILES string of the molecule is C=C[C@@H](O)[C@@H]1OC(c2ccccc2)=N[C@@H](CO[Si](C)(C)C(C)(C)C)[C@@H]1O[Si](C)(C)C(C)(C)C. The van der Waals surface area contributed by atoms with E-state index in [1.807, 2.05) is 30.3 Å². The highest BCUT2D eigenvalue weighted by Gasteiger charge is 2.48. The topological polar surface area (TPSA) is 60.3 Å². The third-order valence-electron chi connectivity index (χ3n) is 7.49. The maximum absolute atomic E-state index is 10.9. The maximum Gasteiger partial charge on any atom is 0.217 e. The van der Waals surface area contributed by atoms with Crippen molar-refractivity contribution in [1.82, 2.24) is 0 Å². The van der Waals surface area contributed by atoms with Gasteiger partial charge in [-0.3, -0.25) is 0 Å². The van der Waals surface area contributed by atoms with Crippen LogP contribution in [-0.4, -0.2) is 58.6 Å². The van der Waals surface area contributed by atoms with Crippen LogP contribution in [0, 0.1) is 0 Å². The van der Waals surface area contributed by atoms with Gasteiger partial charge in [0.2, 0.25) is 5.90 Å². The zero-order valence-electron chi connectivity index (χ0n) is 22.3. The molecule has 1 aliphatic rings. The van der Waals surface area contributed by atoms with Crippen LogP contribution in [0.25, 0.3) is 0 Å². The minimum atomic E-state index is -2.19. The molecule has 1 aliphatic heterocycles. The van der Waals surface area contributed by atoms with Crippen LogP contribution in [0.2, 0.25) is 36.3 Å². The van der Waals surface area contributed by atoms with E-state index < -0.39 is 34.9 Å². The molecule has 0 fully saturated rings. The Kier molecular flexibility index (Phi) is 8.61. The van der Waals surface area contributed by atoms with Crippen LogP contribution in [-0.2, 0) is 13.6 Å². The van der Waals surface area contributed by atoms with Gasteiger partial charge in [-0.2, -0.15) is 0 Å². The second kappa shape index (κ2) is 10.2. The number of nitrogens with zero attached hydrogens (tertiary/aromatic N) is 1. The van der Waals surface area contributed by atoms with Gasteiger partial charge in [0.1, 0.15) is 18.2 Å². The number of rotatable bonds is 8. The van der Waals surface area contributed by atoms with E-state index in [1.54, 1.807) is 0 Å². The summed E-state index contributed by atoms with van der Waals surface area (Å²) >= 11 is 0. The Labute approximate surface area is 203 Å². The smallest absolute Gasteiger partial charge is 0.217 e. The number of aliphatic hydroxyl groups is 1. The van der Waals surface area contributed by atoms with Gasteiger partial charge in [-0.05, 0) is 48.4 Å². The Bertz CT molecular complexity index is 825. The Morgan fingerprint density at radius 3 is 2.06 bits per heavy atom. The van der Waals surface area contributed by atoms with Crippen molar-refractivity contribution in [2.45, 2.75) is 102 Å². The second-order valence-corrected chi connectivity index (χ2v) is 21.7. The lowest BCUT2D eigenvalue weighted by atomic mass is 9.99. The Hall–Kier alpha value is -1.26. The number of aliphatic imine (C=N–C) groups is 1. The lowest BCUT2D eigenvalue weighted by Crippen LogP contribution is -2.58. The highest BCUT2D eigenvalue weighted by atomic mass is 28.4. The van der Waals surface area contributed by atoms with Crippen LogP contribution in [0.4, 0.5) is 0 Å². The van der Waals surface area contributed by atoms with Crippen LogP contribution in [0.5, 0.6) is 0 Å². The normalized spacial score (nSPS) is 23.5. The van der Waals surface area contributed by atoms with Crippen LogP contribution < -0.4 is 0 Å². The van der Waals surface area contributed by atoms with Gasteiger partial charge in [0.25, 0.3) is 0 Å². The second-order valence-electron chi connectivity index (χ2n) is 12.1. The molecule has 33 heavy (non-hydrogen) atoms. The van der Waals surface area contributed by atoms with Gasteiger partial charge < -0.3 is 18.7 Å². The van der Waals surface area contributed by atoms with E-state index in [0.29, 0.717) is 12.5 Å². The molecule has 0 spiro atoms. The molecular formula is C26H45NO4Si2. The molecule has 1 aromatic carbocycles. The Morgan fingerprint density at radius 2 is 1.58 bits per heavy atom. The molecule has 0 aliphatic carbocycles. The van der Waals surface area contributed by atoms with Crippen LogP contribution in [0.15, 0.2) is 48.0 Å². The van der Waals surface area contributed by atoms with Crippen molar-refractivity contribution in [2.24, 2.45) is 4.99 Å². The summed E-state index contributed by atoms with van der Waals surface area (Å²) in [7, 11) is -4.20. The molecule has 0 unspecified atom stereocenters. The predicted molar refractivity (Wildman–Crippen MR) is 143 cm³/mol. The van der Waals surface area contributed by atoms with Crippen LogP contribution >= 0.6 is 0 Å². The van der Waals surface area contributed by atoms with E-state index >= 15 is 0 Å². The molecule has 1 heterocycles. The van der Waals surface area contributed by atoms with E-state index in [2.05, 4.69) is 74.3 Å². The molecule has 186 valence electrons. The molecule has 4 atom stereocenters. The lowest BCUT2D eigenvalue weighted by Gasteiger charge is -2.46. The van der Waals surface area contributed by atoms with Gasteiger partial charge in [-0.1, -0.05) is 65.8 Å². The molecule has 0 saturated carbocycles. The highest BCUT2D eigenvalue weighted by Crippen LogP contribution is 2.41. The van der Waals surface area contributed by atoms with E-state index in [1.165, 1.54) is 6.08 Å². The van der Waals surface area contributed by atoms with Gasteiger partial charge in [0.15, 0.2) is 22.7 Å². The first-order valence-electron chi connectivity index (χ1n) is 11.9. The van der Waals surface area contributed by atoms with Crippen LogP contribution in [0.1, 0.15) is 47.1 Å². The number of benzene rings is 1. The van der Waals surface area contributed by atoms with Crippen molar-refractivity contribution in [3.8, 4) is 0 Å². The standard InChI is InChI=1S/C26H45NO4Si2/c1-12-21(28)23-22(31-33(10,11)26(5,6)7)20(18-29-32(8,9)25(2,3)4)27-24(30-23)19-16-14-13-15-17-19/h12-17,20-23,28H,1,18H2,2-11H3/t20-,21+,22-,23-/m0/s1. The monoisotopic (exact) mass is 491 g/mol. The van der Waals surface area contributed by atoms with E-state index in [9.17, 15) is 5.11 Å².